The molecule has 0 radical (unpaired) electrons. The Morgan fingerprint density at radius 2 is 2.00 bits per heavy atom. The van der Waals surface area contributed by atoms with E-state index in [0.29, 0.717) is 24.9 Å². The average Bonchev–Trinajstić information content (AvgIpc) is 3.25. The minimum Gasteiger partial charge on any atom is -0.338 e. The summed E-state index contributed by atoms with van der Waals surface area (Å²) in [6.07, 6.45) is 3.35. The highest BCUT2D eigenvalue weighted by Gasteiger charge is 2.43. The van der Waals surface area contributed by atoms with Gasteiger partial charge >= 0.3 is 0 Å². The lowest BCUT2D eigenvalue weighted by atomic mass is 9.98. The van der Waals surface area contributed by atoms with Gasteiger partial charge in [-0.1, -0.05) is 6.07 Å². The third-order valence-electron chi connectivity index (χ3n) is 5.28. The van der Waals surface area contributed by atoms with Gasteiger partial charge in [0.1, 0.15) is 11.6 Å². The lowest BCUT2D eigenvalue weighted by molar-refractivity contribution is 0.0780. The number of nitrogens with two attached hydrogens (primary N) is 1. The number of nitrogens with one attached hydrogen (secondary N) is 1. The topological polar surface area (TPSA) is 75.0 Å². The SMILES string of the molecule is NC1CCC2CN(C(=O)c3cn[nH]c3-c3c(F)cccc3F)CC12. The number of hydrogen-bond acceptors (Lipinski definition) is 3. The summed E-state index contributed by atoms with van der Waals surface area (Å²) < 4.78 is 28.1. The minimum absolute atomic E-state index is 0.0805. The van der Waals surface area contributed by atoms with E-state index in [1.165, 1.54) is 12.3 Å². The largest absolute Gasteiger partial charge is 0.338 e. The molecular weight excluding hydrogens is 314 g/mol. The van der Waals surface area contributed by atoms with Crippen LogP contribution in [0.4, 0.5) is 8.78 Å². The first kappa shape index (κ1) is 15.3. The van der Waals surface area contributed by atoms with Crippen LogP contribution in [0.15, 0.2) is 24.4 Å². The summed E-state index contributed by atoms with van der Waals surface area (Å²) in [7, 11) is 0. The number of amides is 1. The highest BCUT2D eigenvalue weighted by molar-refractivity contribution is 6.00. The predicted octanol–water partition coefficient (Wildman–Crippen LogP) is 2.16. The lowest BCUT2D eigenvalue weighted by Gasteiger charge is -2.19. The molecule has 2 aliphatic rings. The zero-order valence-electron chi connectivity index (χ0n) is 13.0. The molecule has 2 aromatic rings. The summed E-state index contributed by atoms with van der Waals surface area (Å²) >= 11 is 0. The molecule has 3 N–H and O–H groups in total. The van der Waals surface area contributed by atoms with Gasteiger partial charge in [0.15, 0.2) is 0 Å². The van der Waals surface area contributed by atoms with Gasteiger partial charge in [-0.2, -0.15) is 5.10 Å². The summed E-state index contributed by atoms with van der Waals surface area (Å²) in [6, 6.07) is 3.73. The molecule has 1 saturated heterocycles. The van der Waals surface area contributed by atoms with Crippen LogP contribution in [0.5, 0.6) is 0 Å². The molecule has 5 nitrogen and oxygen atoms in total. The van der Waals surface area contributed by atoms with E-state index in [1.54, 1.807) is 4.90 Å². The van der Waals surface area contributed by atoms with Crippen molar-refractivity contribution in [2.45, 2.75) is 18.9 Å². The van der Waals surface area contributed by atoms with Crippen LogP contribution < -0.4 is 5.73 Å². The van der Waals surface area contributed by atoms with Gasteiger partial charge in [-0.3, -0.25) is 9.89 Å². The average molecular weight is 332 g/mol. The fraction of sp³-hybridized carbons (Fsp3) is 0.412. The van der Waals surface area contributed by atoms with Crippen molar-refractivity contribution in [2.75, 3.05) is 13.1 Å². The third kappa shape index (κ3) is 2.31. The second-order valence-electron chi connectivity index (χ2n) is 6.63. The van der Waals surface area contributed by atoms with Gasteiger partial charge in [0.25, 0.3) is 5.91 Å². The molecule has 7 heteroatoms. The molecule has 126 valence electrons. The van der Waals surface area contributed by atoms with Gasteiger partial charge < -0.3 is 10.6 Å². The monoisotopic (exact) mass is 332 g/mol. The molecule has 1 aromatic carbocycles. The maximum Gasteiger partial charge on any atom is 0.257 e. The first-order valence-corrected chi connectivity index (χ1v) is 8.09. The summed E-state index contributed by atoms with van der Waals surface area (Å²) in [4.78, 5) is 14.6. The van der Waals surface area contributed by atoms with E-state index in [4.69, 9.17) is 5.73 Å². The van der Waals surface area contributed by atoms with Crippen LogP contribution in [0.2, 0.25) is 0 Å². The Morgan fingerprint density at radius 3 is 2.71 bits per heavy atom. The molecule has 1 aliphatic carbocycles. The van der Waals surface area contributed by atoms with E-state index in [9.17, 15) is 13.6 Å². The normalized spacial score (nSPS) is 26.0. The van der Waals surface area contributed by atoms with Crippen molar-refractivity contribution in [3.05, 3.63) is 41.6 Å². The molecule has 1 aliphatic heterocycles. The van der Waals surface area contributed by atoms with Gasteiger partial charge in [0.05, 0.1) is 23.0 Å². The zero-order chi connectivity index (χ0) is 16.8. The maximum atomic E-state index is 14.0. The number of fused-ring (bicyclic) bond motifs is 1. The number of rotatable bonds is 2. The van der Waals surface area contributed by atoms with Crippen LogP contribution in [0, 0.1) is 23.5 Å². The molecule has 2 heterocycles. The first-order chi connectivity index (χ1) is 11.6. The van der Waals surface area contributed by atoms with Crippen LogP contribution in [-0.4, -0.2) is 40.1 Å². The van der Waals surface area contributed by atoms with E-state index in [2.05, 4.69) is 10.2 Å². The van der Waals surface area contributed by atoms with Gasteiger partial charge in [-0.15, -0.1) is 0 Å². The molecule has 0 bridgehead atoms. The van der Waals surface area contributed by atoms with Crippen molar-refractivity contribution in [3.8, 4) is 11.3 Å². The minimum atomic E-state index is -0.728. The van der Waals surface area contributed by atoms with Gasteiger partial charge in [-0.25, -0.2) is 8.78 Å². The molecular formula is C17H18F2N4O. The van der Waals surface area contributed by atoms with Crippen LogP contribution >= 0.6 is 0 Å². The molecule has 2 fully saturated rings. The van der Waals surface area contributed by atoms with Crippen LogP contribution in [0.3, 0.4) is 0 Å². The van der Waals surface area contributed by atoms with E-state index in [-0.39, 0.29) is 28.8 Å². The van der Waals surface area contributed by atoms with Crippen LogP contribution in [0.25, 0.3) is 11.3 Å². The van der Waals surface area contributed by atoms with Crippen molar-refractivity contribution in [2.24, 2.45) is 17.6 Å². The number of aromatic amines is 1. The van der Waals surface area contributed by atoms with Crippen LogP contribution in [0.1, 0.15) is 23.2 Å². The number of benzene rings is 1. The standard InChI is InChI=1S/C17H18F2N4O/c18-12-2-1-3-13(19)15(12)16-10(6-21-22-16)17(24)23-7-9-4-5-14(20)11(9)8-23/h1-3,6,9,11,14H,4-5,7-8,20H2,(H,21,22). The maximum absolute atomic E-state index is 14.0. The Bertz CT molecular complexity index is 770. The fourth-order valence-corrected chi connectivity index (χ4v) is 4.02. The Kier molecular flexibility index (Phi) is 3.60. The van der Waals surface area contributed by atoms with Gasteiger partial charge in [0.2, 0.25) is 0 Å². The van der Waals surface area contributed by atoms with Crippen molar-refractivity contribution in [1.82, 2.24) is 15.1 Å². The summed E-state index contributed by atoms with van der Waals surface area (Å²) in [5.74, 6) is -0.982. The Morgan fingerprint density at radius 1 is 1.25 bits per heavy atom. The smallest absolute Gasteiger partial charge is 0.257 e. The highest BCUT2D eigenvalue weighted by atomic mass is 19.1. The number of aromatic nitrogens is 2. The molecule has 24 heavy (non-hydrogen) atoms. The van der Waals surface area contributed by atoms with E-state index in [0.717, 1.165) is 25.0 Å². The predicted molar refractivity (Wildman–Crippen MR) is 84.0 cm³/mol. The summed E-state index contributed by atoms with van der Waals surface area (Å²) in [5, 5.41) is 6.39. The van der Waals surface area contributed by atoms with E-state index in [1.807, 2.05) is 0 Å². The number of nitrogens with zero attached hydrogens (tertiary/aromatic N) is 2. The van der Waals surface area contributed by atoms with Crippen molar-refractivity contribution < 1.29 is 13.6 Å². The Hall–Kier alpha value is -2.28. The van der Waals surface area contributed by atoms with E-state index < -0.39 is 11.6 Å². The van der Waals surface area contributed by atoms with E-state index >= 15 is 0 Å². The number of carbonyl (C=O) groups excluding carboxylic acids is 1. The number of halogens is 2. The summed E-state index contributed by atoms with van der Waals surface area (Å²) in [5.41, 5.74) is 6.12. The van der Waals surface area contributed by atoms with Crippen molar-refractivity contribution in [3.63, 3.8) is 0 Å². The molecule has 0 spiro atoms. The van der Waals surface area contributed by atoms with Crippen LogP contribution in [-0.2, 0) is 0 Å². The summed E-state index contributed by atoms with van der Waals surface area (Å²) in [6.45, 7) is 1.23. The third-order valence-corrected chi connectivity index (χ3v) is 5.28. The first-order valence-electron chi connectivity index (χ1n) is 8.09. The fourth-order valence-electron chi connectivity index (χ4n) is 4.02. The zero-order valence-corrected chi connectivity index (χ0v) is 13.0. The number of H-pyrrole nitrogens is 1. The molecule has 4 rings (SSSR count). The molecule has 1 saturated carbocycles. The Labute approximate surface area is 137 Å². The highest BCUT2D eigenvalue weighted by Crippen LogP contribution is 2.38. The number of carbonyl (C=O) groups is 1. The number of hydrogen-bond donors (Lipinski definition) is 2. The van der Waals surface area contributed by atoms with Gasteiger partial charge in [0, 0.05) is 19.1 Å². The second-order valence-corrected chi connectivity index (χ2v) is 6.63. The molecule has 3 unspecified atom stereocenters. The number of likely N-dealkylation sites (tertiary alicyclic amines) is 1. The lowest BCUT2D eigenvalue weighted by Crippen LogP contribution is -2.33. The Balaban J connectivity index is 1.65. The van der Waals surface area contributed by atoms with Gasteiger partial charge in [-0.05, 0) is 36.8 Å². The van der Waals surface area contributed by atoms with Crippen molar-refractivity contribution in [1.29, 1.82) is 0 Å². The quantitative estimate of drug-likeness (QED) is 0.885. The van der Waals surface area contributed by atoms with Crippen molar-refractivity contribution >= 4 is 5.91 Å². The molecule has 1 amide bonds. The molecule has 3 atom stereocenters. The molecule has 1 aromatic heterocycles. The second kappa shape index (κ2) is 5.66.